The average molecular weight is 312 g/mol. The monoisotopic (exact) mass is 311 g/mol. The standard InChI is InChI=1S/C15H15ClFNOS/c16-14-7-6-12(20-14)9-19-15-10(2-1-3-13(15)17)8-18-11-4-5-11/h1-3,6-7,11,18H,4-5,8-9H2. The van der Waals surface area contributed by atoms with Gasteiger partial charge in [0.2, 0.25) is 0 Å². The molecule has 106 valence electrons. The molecule has 1 N–H and O–H groups in total. The molecular formula is C15H15ClFNOS. The van der Waals surface area contributed by atoms with Gasteiger partial charge in [-0.3, -0.25) is 0 Å². The molecule has 0 aliphatic heterocycles. The molecule has 0 unspecified atom stereocenters. The van der Waals surface area contributed by atoms with Gasteiger partial charge in [0.05, 0.1) is 4.34 Å². The summed E-state index contributed by atoms with van der Waals surface area (Å²) in [6.07, 6.45) is 2.42. The Kier molecular flexibility index (Phi) is 4.24. The van der Waals surface area contributed by atoms with Gasteiger partial charge in [0, 0.05) is 23.0 Å². The lowest BCUT2D eigenvalue weighted by molar-refractivity contribution is 0.289. The van der Waals surface area contributed by atoms with Gasteiger partial charge >= 0.3 is 0 Å². The second kappa shape index (κ2) is 6.12. The highest BCUT2D eigenvalue weighted by atomic mass is 35.5. The topological polar surface area (TPSA) is 21.3 Å². The zero-order valence-electron chi connectivity index (χ0n) is 10.9. The number of hydrogen-bond acceptors (Lipinski definition) is 3. The van der Waals surface area contributed by atoms with Crippen LogP contribution in [0.1, 0.15) is 23.3 Å². The Morgan fingerprint density at radius 3 is 2.85 bits per heavy atom. The second-order valence-corrected chi connectivity index (χ2v) is 6.68. The van der Waals surface area contributed by atoms with Crippen molar-refractivity contribution in [2.75, 3.05) is 0 Å². The van der Waals surface area contributed by atoms with Crippen molar-refractivity contribution in [3.05, 3.63) is 50.9 Å². The molecule has 2 nitrogen and oxygen atoms in total. The Labute approximate surface area is 126 Å². The molecule has 1 aromatic heterocycles. The first-order chi connectivity index (χ1) is 9.72. The van der Waals surface area contributed by atoms with Crippen LogP contribution in [-0.4, -0.2) is 6.04 Å². The van der Waals surface area contributed by atoms with Crippen molar-refractivity contribution in [1.82, 2.24) is 5.32 Å². The van der Waals surface area contributed by atoms with E-state index in [4.69, 9.17) is 16.3 Å². The minimum absolute atomic E-state index is 0.317. The summed E-state index contributed by atoms with van der Waals surface area (Å²) in [7, 11) is 0. The third kappa shape index (κ3) is 3.51. The predicted octanol–water partition coefficient (Wildman–Crippen LogP) is 4.37. The van der Waals surface area contributed by atoms with Gasteiger partial charge in [-0.05, 0) is 31.0 Å². The lowest BCUT2D eigenvalue weighted by atomic mass is 10.2. The van der Waals surface area contributed by atoms with Gasteiger partial charge in [0.25, 0.3) is 0 Å². The summed E-state index contributed by atoms with van der Waals surface area (Å²) in [5, 5.41) is 3.38. The fourth-order valence-corrected chi connectivity index (χ4v) is 2.97. The van der Waals surface area contributed by atoms with Gasteiger partial charge in [-0.1, -0.05) is 23.7 Å². The number of hydrogen-bond donors (Lipinski definition) is 1. The largest absolute Gasteiger partial charge is 0.485 e. The maximum absolute atomic E-state index is 13.9. The molecule has 0 saturated heterocycles. The number of nitrogens with one attached hydrogen (secondary N) is 1. The molecule has 1 aromatic carbocycles. The number of para-hydroxylation sites is 1. The summed E-state index contributed by atoms with van der Waals surface area (Å²) >= 11 is 7.32. The molecule has 0 spiro atoms. The summed E-state index contributed by atoms with van der Waals surface area (Å²) in [4.78, 5) is 0.986. The van der Waals surface area contributed by atoms with Crippen LogP contribution in [0.4, 0.5) is 4.39 Å². The van der Waals surface area contributed by atoms with Gasteiger partial charge in [-0.15, -0.1) is 11.3 Å². The Morgan fingerprint density at radius 2 is 2.15 bits per heavy atom. The van der Waals surface area contributed by atoms with E-state index in [1.165, 1.54) is 30.2 Å². The van der Waals surface area contributed by atoms with Crippen LogP contribution in [0.2, 0.25) is 4.34 Å². The fourth-order valence-electron chi connectivity index (χ4n) is 1.97. The molecule has 0 atom stereocenters. The van der Waals surface area contributed by atoms with E-state index in [9.17, 15) is 4.39 Å². The summed E-state index contributed by atoms with van der Waals surface area (Å²) < 4.78 is 20.3. The highest BCUT2D eigenvalue weighted by molar-refractivity contribution is 7.16. The molecule has 3 rings (SSSR count). The quantitative estimate of drug-likeness (QED) is 0.855. The normalized spacial score (nSPS) is 14.5. The number of halogens is 2. The SMILES string of the molecule is Fc1cccc(CNC2CC2)c1OCc1ccc(Cl)s1. The predicted molar refractivity (Wildman–Crippen MR) is 79.9 cm³/mol. The number of thiophene rings is 1. The van der Waals surface area contributed by atoms with Crippen LogP contribution in [0.3, 0.4) is 0 Å². The van der Waals surface area contributed by atoms with Crippen LogP contribution in [0.15, 0.2) is 30.3 Å². The van der Waals surface area contributed by atoms with E-state index in [0.717, 1.165) is 10.4 Å². The van der Waals surface area contributed by atoms with E-state index in [2.05, 4.69) is 5.32 Å². The van der Waals surface area contributed by atoms with E-state index in [1.807, 2.05) is 18.2 Å². The molecule has 5 heteroatoms. The summed E-state index contributed by atoms with van der Waals surface area (Å²) in [5.41, 5.74) is 0.861. The smallest absolute Gasteiger partial charge is 0.165 e. The van der Waals surface area contributed by atoms with Crippen molar-refractivity contribution in [3.63, 3.8) is 0 Å². The number of rotatable bonds is 6. The highest BCUT2D eigenvalue weighted by Crippen LogP contribution is 2.28. The Balaban J connectivity index is 1.69. The van der Waals surface area contributed by atoms with Gasteiger partial charge in [0.15, 0.2) is 11.6 Å². The maximum atomic E-state index is 13.9. The first-order valence-electron chi connectivity index (χ1n) is 6.60. The maximum Gasteiger partial charge on any atom is 0.165 e. The number of ether oxygens (including phenoxy) is 1. The molecule has 20 heavy (non-hydrogen) atoms. The Morgan fingerprint density at radius 1 is 1.30 bits per heavy atom. The van der Waals surface area contributed by atoms with Gasteiger partial charge in [-0.25, -0.2) is 4.39 Å². The Hall–Kier alpha value is -1.10. The lowest BCUT2D eigenvalue weighted by Crippen LogP contribution is -2.16. The van der Waals surface area contributed by atoms with E-state index in [-0.39, 0.29) is 5.82 Å². The van der Waals surface area contributed by atoms with Crippen molar-refractivity contribution < 1.29 is 9.13 Å². The molecule has 1 saturated carbocycles. The molecule has 0 bridgehead atoms. The summed E-state index contributed by atoms with van der Waals surface area (Å²) in [6.45, 7) is 0.984. The van der Waals surface area contributed by atoms with E-state index < -0.39 is 0 Å². The minimum atomic E-state index is -0.317. The van der Waals surface area contributed by atoms with Crippen LogP contribution in [0.5, 0.6) is 5.75 Å². The molecule has 1 heterocycles. The lowest BCUT2D eigenvalue weighted by Gasteiger charge is -2.12. The zero-order chi connectivity index (χ0) is 13.9. The molecule has 1 fully saturated rings. The molecule has 2 aromatic rings. The van der Waals surface area contributed by atoms with Crippen LogP contribution in [0, 0.1) is 5.82 Å². The van der Waals surface area contributed by atoms with Crippen LogP contribution < -0.4 is 10.1 Å². The van der Waals surface area contributed by atoms with Crippen LogP contribution in [-0.2, 0) is 13.2 Å². The van der Waals surface area contributed by atoms with E-state index in [0.29, 0.717) is 29.3 Å². The number of benzene rings is 1. The Bertz CT molecular complexity index is 597. The molecule has 1 aliphatic carbocycles. The van der Waals surface area contributed by atoms with Gasteiger partial charge < -0.3 is 10.1 Å². The fraction of sp³-hybridized carbons (Fsp3) is 0.333. The van der Waals surface area contributed by atoms with E-state index in [1.54, 1.807) is 6.07 Å². The summed E-state index contributed by atoms with van der Waals surface area (Å²) in [5.74, 6) is 0.0212. The highest BCUT2D eigenvalue weighted by Gasteiger charge is 2.21. The van der Waals surface area contributed by atoms with Crippen molar-refractivity contribution in [1.29, 1.82) is 0 Å². The van der Waals surface area contributed by atoms with Gasteiger partial charge in [-0.2, -0.15) is 0 Å². The zero-order valence-corrected chi connectivity index (χ0v) is 12.4. The van der Waals surface area contributed by atoms with Crippen molar-refractivity contribution >= 4 is 22.9 Å². The van der Waals surface area contributed by atoms with E-state index >= 15 is 0 Å². The van der Waals surface area contributed by atoms with Crippen molar-refractivity contribution in [2.24, 2.45) is 0 Å². The first-order valence-corrected chi connectivity index (χ1v) is 7.79. The third-order valence-corrected chi connectivity index (χ3v) is 4.40. The van der Waals surface area contributed by atoms with Crippen LogP contribution >= 0.6 is 22.9 Å². The summed E-state index contributed by atoms with van der Waals surface area (Å²) in [6, 6.07) is 9.35. The second-order valence-electron chi connectivity index (χ2n) is 4.88. The average Bonchev–Trinajstić information content (AvgIpc) is 3.17. The first kappa shape index (κ1) is 13.9. The van der Waals surface area contributed by atoms with Crippen LogP contribution in [0.25, 0.3) is 0 Å². The molecule has 1 aliphatic rings. The molecule has 0 radical (unpaired) electrons. The minimum Gasteiger partial charge on any atom is -0.485 e. The third-order valence-electron chi connectivity index (χ3n) is 3.19. The van der Waals surface area contributed by atoms with Gasteiger partial charge in [0.1, 0.15) is 6.61 Å². The van der Waals surface area contributed by atoms with Crippen molar-refractivity contribution in [3.8, 4) is 5.75 Å². The molecule has 0 amide bonds. The van der Waals surface area contributed by atoms with Crippen molar-refractivity contribution in [2.45, 2.75) is 32.0 Å². The molecular weight excluding hydrogens is 297 g/mol.